The number of anilines is 1. The van der Waals surface area contributed by atoms with Crippen molar-refractivity contribution in [2.45, 2.75) is 26.4 Å². The number of ether oxygens (including phenoxy) is 1. The second-order valence-corrected chi connectivity index (χ2v) is 5.89. The molecule has 0 fully saturated rings. The Bertz CT molecular complexity index is 597. The van der Waals surface area contributed by atoms with E-state index in [9.17, 15) is 10.1 Å². The van der Waals surface area contributed by atoms with Crippen molar-refractivity contribution in [2.24, 2.45) is 0 Å². The zero-order valence-electron chi connectivity index (χ0n) is 12.0. The highest BCUT2D eigenvalue weighted by Crippen LogP contribution is 2.30. The van der Waals surface area contributed by atoms with E-state index in [4.69, 9.17) is 4.74 Å². The van der Waals surface area contributed by atoms with Crippen LogP contribution in [0.1, 0.15) is 18.7 Å². The van der Waals surface area contributed by atoms with Gasteiger partial charge in [0.2, 0.25) is 0 Å². The summed E-state index contributed by atoms with van der Waals surface area (Å²) in [5.74, 6) is 0.302. The van der Waals surface area contributed by atoms with Crippen LogP contribution in [-0.2, 0) is 6.42 Å². The molecular weight excluding hydrogens is 288 g/mol. The Balaban J connectivity index is 2.04. The Kier molecular flexibility index (Phi) is 5.16. The molecule has 2 rings (SSSR count). The lowest BCUT2D eigenvalue weighted by atomic mass is 10.2. The number of thiophene rings is 1. The van der Waals surface area contributed by atoms with Crippen molar-refractivity contribution in [2.75, 3.05) is 11.9 Å². The number of nitro groups is 1. The fourth-order valence-electron chi connectivity index (χ4n) is 1.91. The molecule has 0 aliphatic carbocycles. The van der Waals surface area contributed by atoms with Gasteiger partial charge in [0.1, 0.15) is 0 Å². The number of nitrogens with one attached hydrogen (secondary N) is 1. The fraction of sp³-hybridized carbons (Fsp3) is 0.333. The zero-order valence-corrected chi connectivity index (χ0v) is 12.9. The number of benzene rings is 1. The summed E-state index contributed by atoms with van der Waals surface area (Å²) >= 11 is 1.72. The van der Waals surface area contributed by atoms with Gasteiger partial charge in [-0.15, -0.1) is 11.3 Å². The molecule has 112 valence electrons. The van der Waals surface area contributed by atoms with E-state index >= 15 is 0 Å². The second-order valence-electron chi connectivity index (χ2n) is 4.86. The lowest BCUT2D eigenvalue weighted by Gasteiger charge is -2.12. The van der Waals surface area contributed by atoms with Crippen LogP contribution in [0, 0.1) is 10.1 Å². The van der Waals surface area contributed by atoms with Gasteiger partial charge in [-0.25, -0.2) is 0 Å². The van der Waals surface area contributed by atoms with E-state index in [2.05, 4.69) is 16.8 Å². The smallest absolute Gasteiger partial charge is 0.311 e. The van der Waals surface area contributed by atoms with E-state index in [1.54, 1.807) is 23.5 Å². The van der Waals surface area contributed by atoms with Crippen molar-refractivity contribution in [1.82, 2.24) is 0 Å². The Morgan fingerprint density at radius 1 is 1.38 bits per heavy atom. The van der Waals surface area contributed by atoms with E-state index in [1.165, 1.54) is 10.9 Å². The third-order valence-electron chi connectivity index (χ3n) is 2.80. The summed E-state index contributed by atoms with van der Waals surface area (Å²) in [6.45, 7) is 4.47. The summed E-state index contributed by atoms with van der Waals surface area (Å²) in [4.78, 5) is 11.9. The largest absolute Gasteiger partial charge is 0.484 e. The van der Waals surface area contributed by atoms with Crippen LogP contribution in [0.3, 0.4) is 0 Å². The first-order chi connectivity index (χ1) is 10.1. The molecule has 0 aliphatic heterocycles. The van der Waals surface area contributed by atoms with Crippen LogP contribution in [-0.4, -0.2) is 17.6 Å². The van der Waals surface area contributed by atoms with Crippen molar-refractivity contribution < 1.29 is 9.66 Å². The molecule has 1 heterocycles. The molecule has 1 aromatic heterocycles. The monoisotopic (exact) mass is 306 g/mol. The van der Waals surface area contributed by atoms with E-state index in [1.807, 2.05) is 19.9 Å². The lowest BCUT2D eigenvalue weighted by Crippen LogP contribution is -2.09. The maximum Gasteiger partial charge on any atom is 0.311 e. The van der Waals surface area contributed by atoms with Crippen molar-refractivity contribution in [3.05, 3.63) is 50.7 Å². The Hall–Kier alpha value is -2.08. The van der Waals surface area contributed by atoms with E-state index in [0.29, 0.717) is 5.75 Å². The summed E-state index contributed by atoms with van der Waals surface area (Å²) < 4.78 is 5.52. The molecule has 0 amide bonds. The van der Waals surface area contributed by atoms with Crippen LogP contribution in [0.5, 0.6) is 5.75 Å². The SMILES string of the molecule is CC(C)Oc1cc(NCCc2cccs2)ccc1[N+](=O)[O-]. The molecule has 2 aromatic rings. The Labute approximate surface area is 127 Å². The molecule has 0 spiro atoms. The number of hydrogen-bond acceptors (Lipinski definition) is 5. The molecule has 0 saturated heterocycles. The summed E-state index contributed by atoms with van der Waals surface area (Å²) in [5, 5.41) is 16.3. The summed E-state index contributed by atoms with van der Waals surface area (Å²) in [6.07, 6.45) is 0.819. The van der Waals surface area contributed by atoms with Gasteiger partial charge in [0, 0.05) is 29.2 Å². The van der Waals surface area contributed by atoms with Crippen molar-refractivity contribution in [3.8, 4) is 5.75 Å². The van der Waals surface area contributed by atoms with Crippen LogP contribution < -0.4 is 10.1 Å². The maximum atomic E-state index is 11.0. The number of nitro benzene ring substituents is 1. The van der Waals surface area contributed by atoms with Crippen LogP contribution in [0.4, 0.5) is 11.4 Å². The Morgan fingerprint density at radius 3 is 2.81 bits per heavy atom. The number of rotatable bonds is 7. The van der Waals surface area contributed by atoms with E-state index in [0.717, 1.165) is 18.7 Å². The van der Waals surface area contributed by atoms with Crippen LogP contribution >= 0.6 is 11.3 Å². The van der Waals surface area contributed by atoms with Gasteiger partial charge in [-0.2, -0.15) is 0 Å². The van der Waals surface area contributed by atoms with Crippen molar-refractivity contribution in [3.63, 3.8) is 0 Å². The summed E-state index contributed by atoms with van der Waals surface area (Å²) in [7, 11) is 0. The first kappa shape index (κ1) is 15.3. The van der Waals surface area contributed by atoms with Gasteiger partial charge in [-0.3, -0.25) is 10.1 Å². The van der Waals surface area contributed by atoms with Crippen LogP contribution in [0.15, 0.2) is 35.7 Å². The van der Waals surface area contributed by atoms with Gasteiger partial charge in [0.25, 0.3) is 0 Å². The minimum atomic E-state index is -0.423. The fourth-order valence-corrected chi connectivity index (χ4v) is 2.62. The van der Waals surface area contributed by atoms with Gasteiger partial charge in [0.15, 0.2) is 5.75 Å². The lowest BCUT2D eigenvalue weighted by molar-refractivity contribution is -0.386. The average Bonchev–Trinajstić information content (AvgIpc) is 2.91. The number of nitrogens with zero attached hydrogens (tertiary/aromatic N) is 1. The molecule has 0 radical (unpaired) electrons. The summed E-state index contributed by atoms with van der Waals surface area (Å²) in [5.41, 5.74) is 0.820. The van der Waals surface area contributed by atoms with Gasteiger partial charge >= 0.3 is 5.69 Å². The third-order valence-corrected chi connectivity index (χ3v) is 3.74. The van der Waals surface area contributed by atoms with Gasteiger partial charge in [-0.1, -0.05) is 6.07 Å². The molecule has 0 unspecified atom stereocenters. The summed E-state index contributed by atoms with van der Waals surface area (Å²) in [6, 6.07) is 8.99. The van der Waals surface area contributed by atoms with Gasteiger partial charge in [-0.05, 0) is 37.8 Å². The first-order valence-electron chi connectivity index (χ1n) is 6.77. The zero-order chi connectivity index (χ0) is 15.2. The highest BCUT2D eigenvalue weighted by molar-refractivity contribution is 7.09. The number of hydrogen-bond donors (Lipinski definition) is 1. The van der Waals surface area contributed by atoms with Crippen LogP contribution in [0.2, 0.25) is 0 Å². The highest BCUT2D eigenvalue weighted by atomic mass is 32.1. The molecule has 0 atom stereocenters. The highest BCUT2D eigenvalue weighted by Gasteiger charge is 2.16. The molecule has 0 saturated carbocycles. The molecule has 6 heteroatoms. The third kappa shape index (κ3) is 4.46. The molecule has 0 bridgehead atoms. The molecule has 21 heavy (non-hydrogen) atoms. The topological polar surface area (TPSA) is 64.4 Å². The normalized spacial score (nSPS) is 10.6. The molecule has 1 N–H and O–H groups in total. The van der Waals surface area contributed by atoms with Gasteiger partial charge in [0.05, 0.1) is 11.0 Å². The maximum absolute atomic E-state index is 11.0. The minimum Gasteiger partial charge on any atom is -0.484 e. The molecule has 5 nitrogen and oxygen atoms in total. The van der Waals surface area contributed by atoms with Gasteiger partial charge < -0.3 is 10.1 Å². The van der Waals surface area contributed by atoms with Crippen molar-refractivity contribution >= 4 is 22.7 Å². The minimum absolute atomic E-state index is 0.00694. The van der Waals surface area contributed by atoms with E-state index in [-0.39, 0.29) is 11.8 Å². The molecular formula is C15H18N2O3S. The van der Waals surface area contributed by atoms with Crippen molar-refractivity contribution in [1.29, 1.82) is 0 Å². The molecule has 0 aliphatic rings. The standard InChI is InChI=1S/C15H18N2O3S/c1-11(2)20-15-10-12(5-6-14(15)17(18)19)16-8-7-13-4-3-9-21-13/h3-6,9-11,16H,7-8H2,1-2H3. The average molecular weight is 306 g/mol. The first-order valence-corrected chi connectivity index (χ1v) is 7.65. The van der Waals surface area contributed by atoms with Crippen LogP contribution in [0.25, 0.3) is 0 Å². The molecule has 1 aromatic carbocycles. The quantitative estimate of drug-likeness (QED) is 0.618. The predicted molar refractivity (Wildman–Crippen MR) is 85.4 cm³/mol. The van der Waals surface area contributed by atoms with E-state index < -0.39 is 4.92 Å². The second kappa shape index (κ2) is 7.08. The Morgan fingerprint density at radius 2 is 2.19 bits per heavy atom. The predicted octanol–water partition coefficient (Wildman–Crippen LogP) is 4.10.